The van der Waals surface area contributed by atoms with E-state index in [1.165, 1.54) is 16.9 Å². The first-order chi connectivity index (χ1) is 14.1. The van der Waals surface area contributed by atoms with Gasteiger partial charge < -0.3 is 31.6 Å². The van der Waals surface area contributed by atoms with E-state index in [9.17, 15) is 4.55 Å². The van der Waals surface area contributed by atoms with Gasteiger partial charge in [-0.25, -0.2) is 4.99 Å². The van der Waals surface area contributed by atoms with E-state index in [1.54, 1.807) is 0 Å². The first-order valence-electron chi connectivity index (χ1n) is 9.77. The summed E-state index contributed by atoms with van der Waals surface area (Å²) in [7, 11) is 0. The van der Waals surface area contributed by atoms with Gasteiger partial charge in [-0.05, 0) is 50.2 Å². The van der Waals surface area contributed by atoms with Crippen LogP contribution in [0.1, 0.15) is 12.0 Å². The van der Waals surface area contributed by atoms with Crippen LogP contribution >= 0.6 is 23.4 Å². The van der Waals surface area contributed by atoms with Crippen molar-refractivity contribution < 1.29 is 4.55 Å². The van der Waals surface area contributed by atoms with E-state index in [0.717, 1.165) is 63.7 Å². The van der Waals surface area contributed by atoms with Gasteiger partial charge in [-0.15, -0.1) is 11.3 Å². The van der Waals surface area contributed by atoms with E-state index < -0.39 is 0 Å². The maximum Gasteiger partial charge on any atom is 0.175 e. The smallest absolute Gasteiger partial charge is 0.175 e. The third-order valence-corrected chi connectivity index (χ3v) is 7.34. The van der Waals surface area contributed by atoms with Gasteiger partial charge in [-0.3, -0.25) is 4.99 Å². The van der Waals surface area contributed by atoms with Crippen LogP contribution < -0.4 is 22.1 Å². The van der Waals surface area contributed by atoms with E-state index in [1.807, 2.05) is 13.0 Å². The zero-order chi connectivity index (χ0) is 20.4. The molecule has 7 N–H and O–H groups in total. The van der Waals surface area contributed by atoms with Crippen LogP contribution in [0.25, 0.3) is 0 Å². The number of amidine groups is 2. The molecule has 0 fully saturated rings. The van der Waals surface area contributed by atoms with Gasteiger partial charge in [0, 0.05) is 30.7 Å². The van der Waals surface area contributed by atoms with Gasteiger partial charge in [0.1, 0.15) is 5.00 Å². The third kappa shape index (κ3) is 4.14. The number of fused-ring (bicyclic) bond motifs is 1. The van der Waals surface area contributed by atoms with Crippen molar-refractivity contribution >= 4 is 40.1 Å². The molecule has 0 saturated heterocycles. The lowest BCUT2D eigenvalue weighted by molar-refractivity contribution is 0.315. The number of rotatable bonds is 6. The molecule has 0 saturated carbocycles. The molecule has 0 amide bonds. The second-order valence-corrected chi connectivity index (χ2v) is 9.22. The molecular weight excluding hydrogens is 406 g/mol. The lowest BCUT2D eigenvalue weighted by Crippen LogP contribution is -2.51. The van der Waals surface area contributed by atoms with Crippen molar-refractivity contribution in [2.45, 2.75) is 23.6 Å². The molecule has 1 aromatic rings. The molecule has 0 aromatic carbocycles. The first-order valence-corrected chi connectivity index (χ1v) is 11.4. The van der Waals surface area contributed by atoms with E-state index in [-0.39, 0.29) is 12.0 Å². The quantitative estimate of drug-likeness (QED) is 0.432. The molecule has 4 rings (SSSR count). The number of hydrogen-bond acceptors (Lipinski definition) is 9. The van der Waals surface area contributed by atoms with Crippen LogP contribution in [0, 0.1) is 12.8 Å². The molecule has 3 aliphatic heterocycles. The van der Waals surface area contributed by atoms with Gasteiger partial charge in [-0.2, -0.15) is 0 Å². The summed E-state index contributed by atoms with van der Waals surface area (Å²) < 4.78 is 10.3. The van der Waals surface area contributed by atoms with Gasteiger partial charge in [0.2, 0.25) is 0 Å². The van der Waals surface area contributed by atoms with E-state index >= 15 is 0 Å². The topological polar surface area (TPSA) is 124 Å². The molecule has 0 radical (unpaired) electrons. The van der Waals surface area contributed by atoms with Crippen LogP contribution in [0.4, 0.5) is 5.00 Å². The highest BCUT2D eigenvalue weighted by Crippen LogP contribution is 2.36. The van der Waals surface area contributed by atoms with E-state index in [2.05, 4.69) is 27.8 Å². The van der Waals surface area contributed by atoms with Crippen molar-refractivity contribution in [2.24, 2.45) is 27.4 Å². The lowest BCUT2D eigenvalue weighted by Gasteiger charge is -2.35. The molecule has 0 aliphatic carbocycles. The Labute approximate surface area is 179 Å². The first kappa shape index (κ1) is 20.6. The molecular formula is C19H27N7OS2. The summed E-state index contributed by atoms with van der Waals surface area (Å²) in [4.78, 5) is 11.8. The van der Waals surface area contributed by atoms with Crippen LogP contribution in [-0.2, 0) is 0 Å². The fraction of sp³-hybridized carbons (Fsp3) is 0.474. The fourth-order valence-electron chi connectivity index (χ4n) is 3.80. The number of nitrogens with zero attached hydrogens (tertiary/aromatic N) is 3. The van der Waals surface area contributed by atoms with Gasteiger partial charge in [0.25, 0.3) is 0 Å². The van der Waals surface area contributed by atoms with Crippen molar-refractivity contribution in [3.05, 3.63) is 35.2 Å². The number of nitrogens with two attached hydrogens (primary N) is 2. The monoisotopic (exact) mass is 433 g/mol. The Morgan fingerprint density at radius 3 is 2.93 bits per heavy atom. The molecule has 10 heteroatoms. The minimum atomic E-state index is 0.132. The highest BCUT2D eigenvalue weighted by molar-refractivity contribution is 7.95. The van der Waals surface area contributed by atoms with Crippen LogP contribution in [0.5, 0.6) is 0 Å². The molecule has 1 atom stereocenters. The maximum absolute atomic E-state index is 9.43. The van der Waals surface area contributed by atoms with Crippen LogP contribution in [0.3, 0.4) is 0 Å². The Kier molecular flexibility index (Phi) is 6.38. The van der Waals surface area contributed by atoms with Crippen molar-refractivity contribution in [1.82, 2.24) is 15.5 Å². The molecule has 0 bridgehead atoms. The summed E-state index contributed by atoms with van der Waals surface area (Å²) in [6, 6.07) is 2.12. The minimum Gasteiger partial charge on any atom is -0.336 e. The minimum absolute atomic E-state index is 0.132. The summed E-state index contributed by atoms with van der Waals surface area (Å²) in [6.07, 6.45) is 5.39. The molecule has 0 spiro atoms. The van der Waals surface area contributed by atoms with Crippen LogP contribution in [0.2, 0.25) is 0 Å². The van der Waals surface area contributed by atoms with Crippen LogP contribution in [0.15, 0.2) is 43.8 Å². The summed E-state index contributed by atoms with van der Waals surface area (Å²) >= 11 is 2.23. The standard InChI is InChI=1S/C19H27N7OS2/c1-11-5-16(28-19(11)29-27)25-17-18-23-9-15(13(6-20)7-21)26(18)10-14(24-17)12-3-2-4-22-8-12/h3,5,10,13,15,22,27H,2,4,6-9,20-21H2,1H3,(H,24,25). The Balaban J connectivity index is 1.72. The summed E-state index contributed by atoms with van der Waals surface area (Å²) in [5.41, 5.74) is 15.2. The van der Waals surface area contributed by atoms with E-state index in [0.29, 0.717) is 19.6 Å². The summed E-state index contributed by atoms with van der Waals surface area (Å²) in [6.45, 7) is 5.48. The molecule has 29 heavy (non-hydrogen) atoms. The maximum atomic E-state index is 9.43. The Bertz CT molecular complexity index is 885. The Morgan fingerprint density at radius 2 is 2.28 bits per heavy atom. The predicted octanol–water partition coefficient (Wildman–Crippen LogP) is 1.63. The van der Waals surface area contributed by atoms with Gasteiger partial charge in [-0.1, -0.05) is 6.08 Å². The van der Waals surface area contributed by atoms with Crippen molar-refractivity contribution in [2.75, 3.05) is 32.7 Å². The zero-order valence-electron chi connectivity index (χ0n) is 16.4. The number of hydrogen-bond donors (Lipinski definition) is 5. The number of nitrogens with one attached hydrogen (secondary N) is 2. The van der Waals surface area contributed by atoms with Crippen molar-refractivity contribution in [3.63, 3.8) is 0 Å². The molecule has 8 nitrogen and oxygen atoms in total. The summed E-state index contributed by atoms with van der Waals surface area (Å²) in [5, 5.41) is 7.75. The van der Waals surface area contributed by atoms with Crippen molar-refractivity contribution in [1.29, 1.82) is 0 Å². The molecule has 156 valence electrons. The lowest BCUT2D eigenvalue weighted by atomic mass is 9.98. The molecule has 3 aliphatic rings. The molecule has 1 aromatic heterocycles. The Hall–Kier alpha value is -1.69. The second kappa shape index (κ2) is 8.99. The predicted molar refractivity (Wildman–Crippen MR) is 121 cm³/mol. The Morgan fingerprint density at radius 1 is 1.45 bits per heavy atom. The van der Waals surface area contributed by atoms with E-state index in [4.69, 9.17) is 21.5 Å². The number of aryl methyl sites for hydroxylation is 1. The normalized spacial score (nSPS) is 23.1. The second-order valence-electron chi connectivity index (χ2n) is 7.34. The SMILES string of the molecule is Cc1cc(/N=C2/NC(C3=CCCNC3)=CN3C2=NCC3C(CN)CN)sc1SO. The average molecular weight is 434 g/mol. The zero-order valence-corrected chi connectivity index (χ0v) is 18.0. The molecule has 4 heterocycles. The largest absolute Gasteiger partial charge is 0.336 e. The van der Waals surface area contributed by atoms with Gasteiger partial charge >= 0.3 is 0 Å². The van der Waals surface area contributed by atoms with Crippen molar-refractivity contribution in [3.8, 4) is 0 Å². The number of thiophene rings is 1. The van der Waals surface area contributed by atoms with Crippen LogP contribution in [-0.4, -0.2) is 59.9 Å². The van der Waals surface area contributed by atoms with Gasteiger partial charge in [0.15, 0.2) is 11.7 Å². The third-order valence-electron chi connectivity index (χ3n) is 5.45. The summed E-state index contributed by atoms with van der Waals surface area (Å²) in [5.74, 6) is 1.70. The fourth-order valence-corrected chi connectivity index (χ4v) is 5.19. The van der Waals surface area contributed by atoms with Gasteiger partial charge in [0.05, 0.1) is 22.5 Å². The molecule has 1 unspecified atom stereocenters. The average Bonchev–Trinajstić information content (AvgIpc) is 3.33. The highest BCUT2D eigenvalue weighted by Gasteiger charge is 2.37. The number of aliphatic imine (C=N–C) groups is 2. The highest BCUT2D eigenvalue weighted by atomic mass is 32.2.